The third-order valence-electron chi connectivity index (χ3n) is 2.06. The van der Waals surface area contributed by atoms with Crippen molar-refractivity contribution in [2.45, 2.75) is 34.6 Å². The highest BCUT2D eigenvalue weighted by atomic mass is 35.5. The van der Waals surface area contributed by atoms with Crippen molar-refractivity contribution in [2.24, 2.45) is 0 Å². The predicted octanol–water partition coefficient (Wildman–Crippen LogP) is 7.09. The van der Waals surface area contributed by atoms with E-state index in [2.05, 4.69) is 26.2 Å². The van der Waals surface area contributed by atoms with Gasteiger partial charge < -0.3 is 0 Å². The first-order valence-electron chi connectivity index (χ1n) is 6.63. The molecule has 0 aliphatic carbocycles. The molecular formula is C19H27Cl. The van der Waals surface area contributed by atoms with Gasteiger partial charge in [0, 0.05) is 5.02 Å². The van der Waals surface area contributed by atoms with E-state index in [4.69, 9.17) is 11.6 Å². The van der Waals surface area contributed by atoms with E-state index in [1.165, 1.54) is 16.7 Å². The van der Waals surface area contributed by atoms with Crippen molar-refractivity contribution in [3.8, 4) is 0 Å². The van der Waals surface area contributed by atoms with Gasteiger partial charge in [0.05, 0.1) is 0 Å². The molecule has 0 aliphatic rings. The maximum Gasteiger partial charge on any atom is 0.0406 e. The monoisotopic (exact) mass is 290 g/mol. The summed E-state index contributed by atoms with van der Waals surface area (Å²) in [4.78, 5) is 0. The lowest BCUT2D eigenvalue weighted by atomic mass is 10.1. The van der Waals surface area contributed by atoms with Crippen LogP contribution < -0.4 is 0 Å². The highest BCUT2D eigenvalue weighted by Gasteiger charge is 1.92. The molecule has 1 heteroatoms. The van der Waals surface area contributed by atoms with Crippen LogP contribution in [-0.4, -0.2) is 0 Å². The topological polar surface area (TPSA) is 0 Å². The standard InChI is InChI=1S/C10H11Cl.C5H8.C4H8/c1-3-8(2)9-4-6-10(11)7-5-9;1-3-5-4-2;1-4(2)3/h3-7H,1-2H3;3-5H,1H2,2H3;1H2,2-3H3/b8-3+;5-4-;. The molecule has 0 fully saturated rings. The van der Waals surface area contributed by atoms with Crippen LogP contribution in [0.25, 0.3) is 5.57 Å². The van der Waals surface area contributed by atoms with Gasteiger partial charge in [-0.1, -0.05) is 60.2 Å². The summed E-state index contributed by atoms with van der Waals surface area (Å²) in [6.45, 7) is 17.0. The second-order valence-corrected chi connectivity index (χ2v) is 4.88. The van der Waals surface area contributed by atoms with E-state index < -0.39 is 0 Å². The van der Waals surface area contributed by atoms with E-state index in [1.54, 1.807) is 6.08 Å². The van der Waals surface area contributed by atoms with E-state index in [0.29, 0.717) is 0 Å². The minimum atomic E-state index is 0.789. The Morgan fingerprint density at radius 2 is 1.50 bits per heavy atom. The average molecular weight is 291 g/mol. The van der Waals surface area contributed by atoms with E-state index in [0.717, 1.165) is 5.02 Å². The van der Waals surface area contributed by atoms with Crippen molar-refractivity contribution < 1.29 is 0 Å². The molecule has 1 aromatic carbocycles. The van der Waals surface area contributed by atoms with Gasteiger partial charge in [0.25, 0.3) is 0 Å². The molecule has 20 heavy (non-hydrogen) atoms. The Hall–Kier alpha value is -1.53. The van der Waals surface area contributed by atoms with Gasteiger partial charge in [-0.25, -0.2) is 0 Å². The number of halogens is 1. The zero-order valence-electron chi connectivity index (χ0n) is 13.4. The van der Waals surface area contributed by atoms with Gasteiger partial charge in [0.1, 0.15) is 0 Å². The Bertz CT molecular complexity index is 429. The molecule has 110 valence electrons. The molecule has 0 atom stereocenters. The van der Waals surface area contributed by atoms with Crippen LogP contribution in [0.4, 0.5) is 0 Å². The van der Waals surface area contributed by atoms with E-state index in [1.807, 2.05) is 64.1 Å². The van der Waals surface area contributed by atoms with Crippen LogP contribution in [-0.2, 0) is 0 Å². The van der Waals surface area contributed by atoms with Crippen molar-refractivity contribution in [3.63, 3.8) is 0 Å². The molecule has 1 aromatic rings. The predicted molar refractivity (Wildman–Crippen MR) is 96.3 cm³/mol. The van der Waals surface area contributed by atoms with Gasteiger partial charge in [-0.2, -0.15) is 0 Å². The second kappa shape index (κ2) is 13.9. The summed E-state index contributed by atoms with van der Waals surface area (Å²) in [6.07, 6.45) is 7.66. The van der Waals surface area contributed by atoms with Gasteiger partial charge in [0.2, 0.25) is 0 Å². The molecule has 0 nitrogen and oxygen atoms in total. The maximum atomic E-state index is 5.74. The Labute approximate surface area is 130 Å². The molecule has 0 unspecified atom stereocenters. The smallest absolute Gasteiger partial charge is 0.0406 e. The maximum absolute atomic E-state index is 5.74. The summed E-state index contributed by atoms with van der Waals surface area (Å²) in [5, 5.41) is 0.789. The molecule has 0 radical (unpaired) electrons. The first-order chi connectivity index (χ1) is 9.38. The number of hydrogen-bond donors (Lipinski definition) is 0. The molecule has 0 spiro atoms. The Morgan fingerprint density at radius 3 is 1.75 bits per heavy atom. The Balaban J connectivity index is 0. The van der Waals surface area contributed by atoms with Crippen LogP contribution in [0.3, 0.4) is 0 Å². The fraction of sp³-hybridized carbons (Fsp3) is 0.263. The first kappa shape index (κ1) is 20.8. The first-order valence-corrected chi connectivity index (χ1v) is 7.01. The van der Waals surface area contributed by atoms with Crippen LogP contribution in [0.1, 0.15) is 40.2 Å². The van der Waals surface area contributed by atoms with Gasteiger partial charge in [-0.3, -0.25) is 0 Å². The second-order valence-electron chi connectivity index (χ2n) is 4.45. The van der Waals surface area contributed by atoms with Crippen LogP contribution in [0.5, 0.6) is 0 Å². The highest BCUT2D eigenvalue weighted by molar-refractivity contribution is 6.30. The molecule has 0 amide bonds. The van der Waals surface area contributed by atoms with Crippen LogP contribution in [0.2, 0.25) is 5.02 Å². The molecule has 0 saturated heterocycles. The SMILES string of the molecule is C/C=C(\C)c1ccc(Cl)cc1.C=C(C)C.C=C/C=C\C. The van der Waals surface area contributed by atoms with Crippen molar-refractivity contribution in [3.05, 3.63) is 77.9 Å². The average Bonchev–Trinajstić information content (AvgIpc) is 2.40. The fourth-order valence-electron chi connectivity index (χ4n) is 1.02. The summed E-state index contributed by atoms with van der Waals surface area (Å²) >= 11 is 5.74. The number of benzene rings is 1. The fourth-order valence-corrected chi connectivity index (χ4v) is 1.14. The molecule has 0 N–H and O–H groups in total. The minimum absolute atomic E-state index is 0.789. The van der Waals surface area contributed by atoms with Crippen molar-refractivity contribution in [1.29, 1.82) is 0 Å². The molecule has 0 aliphatic heterocycles. The van der Waals surface area contributed by atoms with E-state index in [9.17, 15) is 0 Å². The molecule has 0 saturated carbocycles. The van der Waals surface area contributed by atoms with Crippen LogP contribution in [0.15, 0.2) is 67.3 Å². The lowest BCUT2D eigenvalue weighted by Gasteiger charge is -1.99. The zero-order chi connectivity index (χ0) is 16.0. The Morgan fingerprint density at radius 1 is 1.05 bits per heavy atom. The molecule has 1 rings (SSSR count). The van der Waals surface area contributed by atoms with Crippen molar-refractivity contribution >= 4 is 17.2 Å². The summed E-state index contributed by atoms with van der Waals surface area (Å²) in [6, 6.07) is 7.86. The van der Waals surface area contributed by atoms with Gasteiger partial charge in [-0.15, -0.1) is 6.58 Å². The normalized spacial score (nSPS) is 10.0. The third-order valence-corrected chi connectivity index (χ3v) is 2.31. The molecular weight excluding hydrogens is 264 g/mol. The van der Waals surface area contributed by atoms with Crippen molar-refractivity contribution in [1.82, 2.24) is 0 Å². The number of allylic oxidation sites excluding steroid dienone is 6. The lowest BCUT2D eigenvalue weighted by Crippen LogP contribution is -1.76. The summed E-state index contributed by atoms with van der Waals surface area (Å²) in [5.41, 5.74) is 3.68. The van der Waals surface area contributed by atoms with Crippen LogP contribution in [0, 0.1) is 0 Å². The molecule has 0 bridgehead atoms. The largest absolute Gasteiger partial charge is 0.100 e. The minimum Gasteiger partial charge on any atom is -0.100 e. The van der Waals surface area contributed by atoms with E-state index in [-0.39, 0.29) is 0 Å². The van der Waals surface area contributed by atoms with Crippen LogP contribution >= 0.6 is 11.6 Å². The lowest BCUT2D eigenvalue weighted by molar-refractivity contribution is 1.42. The van der Waals surface area contributed by atoms with Gasteiger partial charge in [0.15, 0.2) is 0 Å². The number of rotatable bonds is 2. The molecule has 0 aromatic heterocycles. The summed E-state index contributed by atoms with van der Waals surface area (Å²) in [5.74, 6) is 0. The van der Waals surface area contributed by atoms with E-state index >= 15 is 0 Å². The highest BCUT2D eigenvalue weighted by Crippen LogP contribution is 2.16. The Kier molecular flexibility index (Phi) is 14.4. The summed E-state index contributed by atoms with van der Waals surface area (Å²) < 4.78 is 0. The summed E-state index contributed by atoms with van der Waals surface area (Å²) in [7, 11) is 0. The third kappa shape index (κ3) is 14.5. The van der Waals surface area contributed by atoms with Gasteiger partial charge in [-0.05, 0) is 57.9 Å². The van der Waals surface area contributed by atoms with Gasteiger partial charge >= 0.3 is 0 Å². The molecule has 0 heterocycles. The quantitative estimate of drug-likeness (QED) is 0.403. The van der Waals surface area contributed by atoms with Crippen molar-refractivity contribution in [2.75, 3.05) is 0 Å². The zero-order valence-corrected chi connectivity index (χ0v) is 14.2. The number of hydrogen-bond acceptors (Lipinski definition) is 0.